The predicted octanol–water partition coefficient (Wildman–Crippen LogP) is 1.25. The van der Waals surface area contributed by atoms with Crippen LogP contribution in [-0.2, 0) is 16.1 Å². The number of carbonyl (C=O) groups excluding carboxylic acids is 1. The van der Waals surface area contributed by atoms with Crippen molar-refractivity contribution in [2.75, 3.05) is 6.54 Å². The Hall–Kier alpha value is -1.89. The number of fused-ring (bicyclic) bond motifs is 1. The molecule has 0 aliphatic heterocycles. The van der Waals surface area contributed by atoms with Gasteiger partial charge in [0, 0.05) is 23.8 Å². The fourth-order valence-electron chi connectivity index (χ4n) is 1.86. The highest BCUT2D eigenvalue weighted by atomic mass is 17.1. The van der Waals surface area contributed by atoms with E-state index in [1.807, 2.05) is 13.8 Å². The SMILES string of the molecule is CC.NC(CNC1=CC(=O)Cc2cc(O)ccc21)OO. The Labute approximate surface area is 117 Å². The van der Waals surface area contributed by atoms with Gasteiger partial charge in [0.05, 0.1) is 6.54 Å². The van der Waals surface area contributed by atoms with E-state index in [9.17, 15) is 9.90 Å². The molecule has 0 bridgehead atoms. The molecular formula is C14H20N2O4. The minimum atomic E-state index is -0.872. The fourth-order valence-corrected chi connectivity index (χ4v) is 1.86. The van der Waals surface area contributed by atoms with Gasteiger partial charge in [-0.25, -0.2) is 4.89 Å². The summed E-state index contributed by atoms with van der Waals surface area (Å²) in [7, 11) is 0. The zero-order chi connectivity index (χ0) is 15.1. The molecule has 0 saturated carbocycles. The molecule has 1 aromatic rings. The number of phenols is 1. The smallest absolute Gasteiger partial charge is 0.162 e. The highest BCUT2D eigenvalue weighted by Gasteiger charge is 2.18. The number of nitrogens with two attached hydrogens (primary N) is 1. The van der Waals surface area contributed by atoms with E-state index in [1.54, 1.807) is 18.2 Å². The average molecular weight is 280 g/mol. The van der Waals surface area contributed by atoms with Crippen molar-refractivity contribution in [3.8, 4) is 5.75 Å². The van der Waals surface area contributed by atoms with Gasteiger partial charge in [0.1, 0.15) is 5.75 Å². The summed E-state index contributed by atoms with van der Waals surface area (Å²) in [4.78, 5) is 15.5. The lowest BCUT2D eigenvalue weighted by atomic mass is 9.93. The van der Waals surface area contributed by atoms with Crippen LogP contribution in [0.1, 0.15) is 25.0 Å². The maximum atomic E-state index is 11.6. The molecule has 2 rings (SSSR count). The predicted molar refractivity (Wildman–Crippen MR) is 75.8 cm³/mol. The van der Waals surface area contributed by atoms with Crippen molar-refractivity contribution in [1.82, 2.24) is 5.32 Å². The zero-order valence-corrected chi connectivity index (χ0v) is 11.6. The van der Waals surface area contributed by atoms with Crippen LogP contribution in [0.25, 0.3) is 5.70 Å². The van der Waals surface area contributed by atoms with Gasteiger partial charge in [-0.1, -0.05) is 13.8 Å². The van der Waals surface area contributed by atoms with Gasteiger partial charge in [-0.3, -0.25) is 10.1 Å². The number of benzene rings is 1. The summed E-state index contributed by atoms with van der Waals surface area (Å²) in [5.41, 5.74) is 7.57. The first kappa shape index (κ1) is 16.2. The molecule has 0 fully saturated rings. The molecule has 0 aromatic heterocycles. The van der Waals surface area contributed by atoms with Crippen LogP contribution < -0.4 is 11.1 Å². The van der Waals surface area contributed by atoms with Gasteiger partial charge in [-0.05, 0) is 23.8 Å². The quantitative estimate of drug-likeness (QED) is 0.376. The van der Waals surface area contributed by atoms with Crippen molar-refractivity contribution in [2.45, 2.75) is 26.5 Å². The van der Waals surface area contributed by atoms with E-state index in [0.717, 1.165) is 11.1 Å². The normalized spacial score (nSPS) is 14.6. The number of rotatable bonds is 4. The number of aromatic hydroxyl groups is 1. The molecule has 0 spiro atoms. The van der Waals surface area contributed by atoms with Crippen molar-refractivity contribution < 1.29 is 20.0 Å². The Balaban J connectivity index is 0.000000956. The number of hydrogen-bond acceptors (Lipinski definition) is 6. The van der Waals surface area contributed by atoms with Crippen LogP contribution in [0.3, 0.4) is 0 Å². The van der Waals surface area contributed by atoms with Gasteiger partial charge in [0.2, 0.25) is 0 Å². The van der Waals surface area contributed by atoms with Crippen molar-refractivity contribution in [2.24, 2.45) is 5.73 Å². The summed E-state index contributed by atoms with van der Waals surface area (Å²) in [6.07, 6.45) is 0.865. The molecule has 0 amide bonds. The van der Waals surface area contributed by atoms with E-state index in [0.29, 0.717) is 5.70 Å². The van der Waals surface area contributed by atoms with Crippen LogP contribution in [0.5, 0.6) is 5.75 Å². The number of phenolic OH excluding ortho intramolecular Hbond substituents is 1. The van der Waals surface area contributed by atoms with Gasteiger partial charge in [0.25, 0.3) is 0 Å². The second-order valence-electron chi connectivity index (χ2n) is 4.07. The van der Waals surface area contributed by atoms with Gasteiger partial charge >= 0.3 is 0 Å². The summed E-state index contributed by atoms with van der Waals surface area (Å²) in [5.74, 6) is 0.0623. The number of hydrogen-bond donors (Lipinski definition) is 4. The molecule has 0 saturated heterocycles. The summed E-state index contributed by atoms with van der Waals surface area (Å²) in [6.45, 7) is 4.16. The maximum Gasteiger partial charge on any atom is 0.162 e. The first-order chi connectivity index (χ1) is 9.60. The number of allylic oxidation sites excluding steroid dienone is 1. The largest absolute Gasteiger partial charge is 0.508 e. The van der Waals surface area contributed by atoms with E-state index >= 15 is 0 Å². The highest BCUT2D eigenvalue weighted by molar-refractivity contribution is 6.01. The molecule has 1 atom stereocenters. The van der Waals surface area contributed by atoms with E-state index in [4.69, 9.17) is 11.0 Å². The van der Waals surface area contributed by atoms with Gasteiger partial charge in [-0.15, -0.1) is 0 Å². The lowest BCUT2D eigenvalue weighted by Crippen LogP contribution is -2.35. The molecule has 0 heterocycles. The molecule has 6 heteroatoms. The third-order valence-corrected chi connectivity index (χ3v) is 2.68. The Morgan fingerprint density at radius 1 is 1.45 bits per heavy atom. The fraction of sp³-hybridized carbons (Fsp3) is 0.357. The zero-order valence-electron chi connectivity index (χ0n) is 11.6. The molecule has 1 aromatic carbocycles. The minimum Gasteiger partial charge on any atom is -0.508 e. The maximum absolute atomic E-state index is 11.6. The first-order valence-electron chi connectivity index (χ1n) is 6.46. The molecule has 1 aliphatic carbocycles. The number of ketones is 1. The second-order valence-corrected chi connectivity index (χ2v) is 4.07. The van der Waals surface area contributed by atoms with E-state index in [2.05, 4.69) is 10.2 Å². The molecule has 110 valence electrons. The molecule has 20 heavy (non-hydrogen) atoms. The summed E-state index contributed by atoms with van der Waals surface area (Å²) in [6, 6.07) is 4.83. The number of nitrogens with one attached hydrogen (secondary N) is 1. The monoisotopic (exact) mass is 280 g/mol. The second kappa shape index (κ2) is 7.64. The highest BCUT2D eigenvalue weighted by Crippen LogP contribution is 2.26. The van der Waals surface area contributed by atoms with Crippen LogP contribution in [0, 0.1) is 0 Å². The molecular weight excluding hydrogens is 260 g/mol. The summed E-state index contributed by atoms with van der Waals surface area (Å²) < 4.78 is 0. The molecule has 6 nitrogen and oxygen atoms in total. The topological polar surface area (TPSA) is 105 Å². The van der Waals surface area contributed by atoms with Gasteiger partial charge in [-0.2, -0.15) is 0 Å². The van der Waals surface area contributed by atoms with Crippen LogP contribution in [0.4, 0.5) is 0 Å². The van der Waals surface area contributed by atoms with Crippen LogP contribution in [0.15, 0.2) is 24.3 Å². The van der Waals surface area contributed by atoms with E-state index < -0.39 is 6.23 Å². The standard InChI is InChI=1S/C12H14N2O4.C2H6/c13-12(18-17)6-14-11-5-9(16)4-7-3-8(15)1-2-10(7)11;1-2/h1-3,5,12,14-15,17H,4,6,13H2;1-2H3. The third kappa shape index (κ3) is 4.06. The van der Waals surface area contributed by atoms with E-state index in [1.165, 1.54) is 6.08 Å². The lowest BCUT2D eigenvalue weighted by Gasteiger charge is -2.20. The summed E-state index contributed by atoms with van der Waals surface area (Å²) >= 11 is 0. The van der Waals surface area contributed by atoms with Crippen LogP contribution >= 0.6 is 0 Å². The first-order valence-corrected chi connectivity index (χ1v) is 6.46. The Morgan fingerprint density at radius 2 is 2.15 bits per heavy atom. The minimum absolute atomic E-state index is 0.0610. The molecule has 5 N–H and O–H groups in total. The Kier molecular flexibility index (Phi) is 6.17. The number of carbonyl (C=O) groups is 1. The molecule has 0 radical (unpaired) electrons. The average Bonchev–Trinajstić information content (AvgIpc) is 2.45. The van der Waals surface area contributed by atoms with E-state index in [-0.39, 0.29) is 24.5 Å². The van der Waals surface area contributed by atoms with Crippen molar-refractivity contribution in [1.29, 1.82) is 0 Å². The third-order valence-electron chi connectivity index (χ3n) is 2.68. The van der Waals surface area contributed by atoms with Crippen molar-refractivity contribution in [3.05, 3.63) is 35.4 Å². The molecule has 1 unspecified atom stereocenters. The van der Waals surface area contributed by atoms with Gasteiger partial charge in [0.15, 0.2) is 12.0 Å². The van der Waals surface area contributed by atoms with Crippen LogP contribution in [-0.4, -0.2) is 28.9 Å². The lowest BCUT2D eigenvalue weighted by molar-refractivity contribution is -0.274. The Morgan fingerprint density at radius 3 is 2.80 bits per heavy atom. The summed E-state index contributed by atoms with van der Waals surface area (Å²) in [5, 5.41) is 20.7. The molecule has 1 aliphatic rings. The van der Waals surface area contributed by atoms with Crippen molar-refractivity contribution >= 4 is 11.5 Å². The Bertz CT molecular complexity index is 500. The van der Waals surface area contributed by atoms with Crippen LogP contribution in [0.2, 0.25) is 0 Å². The van der Waals surface area contributed by atoms with Gasteiger partial charge < -0.3 is 16.2 Å². The van der Waals surface area contributed by atoms with Crippen molar-refractivity contribution in [3.63, 3.8) is 0 Å².